The van der Waals surface area contributed by atoms with E-state index >= 15 is 24.0 Å². The molecule has 0 bridgehead atoms. The van der Waals surface area contributed by atoms with Crippen LogP contribution in [0.4, 0.5) is 5.69 Å². The largest absolute Gasteiger partial charge is 0.462 e. The Kier molecular flexibility index (Phi) is 23.4. The van der Waals surface area contributed by atoms with Crippen LogP contribution in [0.5, 0.6) is 0 Å². The lowest BCUT2D eigenvalue weighted by atomic mass is 9.98. The van der Waals surface area contributed by atoms with Crippen LogP contribution in [0.1, 0.15) is 128 Å². The Bertz CT molecular complexity index is 3850. The maximum absolute atomic E-state index is 15.4. The normalized spacial score (nSPS) is 27.0. The summed E-state index contributed by atoms with van der Waals surface area (Å²) >= 11 is 0. The van der Waals surface area contributed by atoms with Gasteiger partial charge in [0.1, 0.15) is 72.3 Å². The van der Waals surface area contributed by atoms with E-state index in [4.69, 9.17) is 34.1 Å². The molecule has 4 fully saturated rings. The first-order chi connectivity index (χ1) is 46.1. The summed E-state index contributed by atoms with van der Waals surface area (Å²) in [5, 5.41) is 10.3. The molecule has 5 heterocycles. The van der Waals surface area contributed by atoms with Gasteiger partial charge in [0.15, 0.2) is 29.3 Å². The predicted molar refractivity (Wildman–Crippen MR) is 348 cm³/mol. The fourth-order valence-electron chi connectivity index (χ4n) is 12.7. The number of likely N-dealkylation sites (N-methyl/N-ethyl adjacent to an activating group) is 4. The third kappa shape index (κ3) is 15.6. The Balaban J connectivity index is 1.37. The third-order valence-corrected chi connectivity index (χ3v) is 18.4. The van der Waals surface area contributed by atoms with Crippen LogP contribution in [0.25, 0.3) is 22.6 Å². The number of hydrogen-bond acceptors (Lipinski definition) is 23. The molecule has 33 heteroatoms. The molecule has 4 saturated heterocycles. The van der Waals surface area contributed by atoms with Crippen molar-refractivity contribution in [1.82, 2.24) is 55.7 Å². The Morgan fingerprint density at radius 3 is 1.80 bits per heavy atom. The van der Waals surface area contributed by atoms with E-state index in [0.29, 0.717) is 0 Å². The predicted octanol–water partition coefficient (Wildman–Crippen LogP) is -0.870. The van der Waals surface area contributed by atoms with Crippen molar-refractivity contribution >= 4 is 106 Å². The summed E-state index contributed by atoms with van der Waals surface area (Å²) in [6.45, 7) is 17.7. The van der Waals surface area contributed by atoms with Gasteiger partial charge in [0, 0.05) is 72.5 Å². The molecule has 6 aliphatic rings. The van der Waals surface area contributed by atoms with E-state index < -0.39 is 233 Å². The Labute approximate surface area is 570 Å². The van der Waals surface area contributed by atoms with Crippen molar-refractivity contribution in [2.75, 3.05) is 53.6 Å². The van der Waals surface area contributed by atoms with Crippen LogP contribution in [0.3, 0.4) is 0 Å². The van der Waals surface area contributed by atoms with Gasteiger partial charge in [-0.15, -0.1) is 0 Å². The molecule has 0 saturated carbocycles. The number of fused-ring (bicyclic) bond motifs is 4. The second kappa shape index (κ2) is 30.3. The highest BCUT2D eigenvalue weighted by Crippen LogP contribution is 2.36. The van der Waals surface area contributed by atoms with Crippen LogP contribution < -0.4 is 32.4 Å². The van der Waals surface area contributed by atoms with Gasteiger partial charge < -0.3 is 79.8 Å². The molecule has 0 aromatic heterocycles. The first kappa shape index (κ1) is 76.3. The molecule has 13 unspecified atom stereocenters. The number of anilines is 1. The van der Waals surface area contributed by atoms with Crippen molar-refractivity contribution in [3.63, 3.8) is 0 Å². The van der Waals surface area contributed by atoms with Crippen LogP contribution in [0.15, 0.2) is 21.3 Å². The number of Topliss-reactive ketones (excluding diaryl/α,β-unsaturated/α-hetero) is 1. The number of carbonyl (C=O) groups is 15. The second-order valence-electron chi connectivity index (χ2n) is 26.9. The fraction of sp³-hybridized carbons (Fsp3) is 0.591. The monoisotopic (exact) mass is 1380 g/mol. The summed E-state index contributed by atoms with van der Waals surface area (Å²) in [6, 6.07) is -12.4. The highest BCUT2D eigenvalue weighted by molar-refractivity contribution is 6.13. The summed E-state index contributed by atoms with van der Waals surface area (Å²) < 4.78 is 29.1. The summed E-state index contributed by atoms with van der Waals surface area (Å²) in [5.74, 6) is -17.4. The van der Waals surface area contributed by atoms with Gasteiger partial charge in [-0.3, -0.25) is 67.1 Å². The van der Waals surface area contributed by atoms with Crippen LogP contribution in [-0.4, -0.2) is 250 Å². The average molecular weight is 1390 g/mol. The van der Waals surface area contributed by atoms with E-state index in [0.717, 1.165) is 38.3 Å². The van der Waals surface area contributed by atoms with Crippen molar-refractivity contribution in [1.29, 1.82) is 0 Å². The number of esters is 4. The number of nitrogens with zero attached hydrogens (tertiary/aromatic N) is 7. The highest BCUT2D eigenvalue weighted by atomic mass is 16.6. The highest BCUT2D eigenvalue weighted by Gasteiger charge is 2.53. The van der Waals surface area contributed by atoms with Gasteiger partial charge in [-0.25, -0.2) is 14.6 Å². The molecule has 1 aromatic rings. The van der Waals surface area contributed by atoms with Gasteiger partial charge in [-0.2, -0.15) is 0 Å². The average Bonchev–Trinajstić information content (AvgIpc) is 1.45. The summed E-state index contributed by atoms with van der Waals surface area (Å²) in [7, 11) is 5.03. The van der Waals surface area contributed by atoms with E-state index in [1.807, 2.05) is 0 Å². The van der Waals surface area contributed by atoms with E-state index in [1.165, 1.54) is 86.8 Å². The Morgan fingerprint density at radius 1 is 0.677 bits per heavy atom. The number of cyclic esters (lactones) is 2. The number of nitrogen functional groups attached to an aromatic ring is 1. The molecule has 0 radical (unpaired) electrons. The number of benzene rings is 2. The van der Waals surface area contributed by atoms with E-state index in [1.54, 1.807) is 41.5 Å². The zero-order chi connectivity index (χ0) is 74.2. The lowest BCUT2D eigenvalue weighted by Gasteiger charge is -2.37. The minimum atomic E-state index is -2.25. The number of nitrogens with one attached hydrogen (secondary N) is 4. The summed E-state index contributed by atoms with van der Waals surface area (Å²) in [6.07, 6.45) is -5.17. The molecular formula is C66H88N12O21. The molecule has 538 valence electrons. The maximum atomic E-state index is 15.4. The number of ether oxygens (including phenoxy) is 4. The van der Waals surface area contributed by atoms with Crippen molar-refractivity contribution < 1.29 is 95.3 Å². The summed E-state index contributed by atoms with van der Waals surface area (Å²) in [4.78, 5) is 239. The quantitative estimate of drug-likeness (QED) is 0.0541. The molecule has 1 aliphatic carbocycles. The second-order valence-corrected chi connectivity index (χ2v) is 26.9. The lowest BCUT2D eigenvalue weighted by molar-refractivity contribution is -0.167. The van der Waals surface area contributed by atoms with E-state index in [-0.39, 0.29) is 40.8 Å². The molecule has 33 nitrogen and oxygen atoms in total. The van der Waals surface area contributed by atoms with Crippen molar-refractivity contribution in [2.45, 2.75) is 189 Å². The molecule has 1 aromatic carbocycles. The van der Waals surface area contributed by atoms with Crippen molar-refractivity contribution in [3.8, 4) is 11.5 Å². The molecular weight excluding hydrogens is 1300 g/mol. The molecule has 0 spiro atoms. The SMILES string of the molecule is CC(=O)OCC1OC(=O)C(C)N(C)C(=O)CN(C)C(=O)C2C(=O)CC(C)N2C(=O)C(C(C)C)NC(=O)C1NC(=O)c1c2nc3c(C(=O)NC4C(=O)NC(C(C)C)C(=O)N5C(C)CC(OC(C)=O)C5C(=O)N(C)CC(=O)N(C)C(C(C)C)C(=O)OC4C)ccc(C)c3oc-2c(C)c(=O)c1N. The number of aromatic nitrogens is 1. The molecule has 7 rings (SSSR count). The smallest absolute Gasteiger partial charge is 0.329 e. The standard InChI is InChI=1S/C66H88N12O21/c1-26(2)45-61(89)77-30(8)21-38(81)52(77)63(91)73(15)23-41(82)75(17)33(11)65(93)98-40(25-95-35(13)79)49(60(88)70-45)72-58(86)43-44(67)54(84)32(10)56-50(43)68-48-37(20-19-29(7)55(48)99-56)57(85)71-47-34(12)96-66(94)51(28(5)6)76(18)42(83)24-74(16)64(92)53-39(97-36(14)80)22-31(9)78(53)62(90)46(27(3)4)69-59(47)87/h19-20,26-28,30-31,33-34,39-40,45-47,49,51-53H,21-25,67H2,1-18H3,(H,69,87)(H,70,88)(H,71,85)(H,72,86). The fourth-order valence-corrected chi connectivity index (χ4v) is 12.7. The molecule has 6 N–H and O–H groups in total. The van der Waals surface area contributed by atoms with Crippen LogP contribution >= 0.6 is 0 Å². The number of hydrogen-bond donors (Lipinski definition) is 5. The van der Waals surface area contributed by atoms with Gasteiger partial charge >= 0.3 is 23.9 Å². The first-order valence-electron chi connectivity index (χ1n) is 32.4. The van der Waals surface area contributed by atoms with Crippen LogP contribution in [0, 0.1) is 31.6 Å². The van der Waals surface area contributed by atoms with Gasteiger partial charge in [0.25, 0.3) is 17.7 Å². The van der Waals surface area contributed by atoms with Crippen molar-refractivity contribution in [3.05, 3.63) is 44.6 Å². The Morgan fingerprint density at radius 2 is 1.23 bits per heavy atom. The molecule has 99 heavy (non-hydrogen) atoms. The number of amides is 10. The summed E-state index contributed by atoms with van der Waals surface area (Å²) in [5.41, 5.74) is 2.53. The van der Waals surface area contributed by atoms with E-state index in [2.05, 4.69) is 21.3 Å². The number of aryl methyl sites for hydroxylation is 1. The van der Waals surface area contributed by atoms with Crippen molar-refractivity contribution in [2.24, 2.45) is 17.8 Å². The van der Waals surface area contributed by atoms with Gasteiger partial charge in [-0.05, 0) is 70.9 Å². The van der Waals surface area contributed by atoms with Crippen LogP contribution in [-0.2, 0) is 81.3 Å². The number of rotatable bonds is 10. The molecule has 13 atom stereocenters. The third-order valence-electron chi connectivity index (χ3n) is 18.4. The van der Waals surface area contributed by atoms with Gasteiger partial charge in [-0.1, -0.05) is 47.6 Å². The topological polar surface area (TPSA) is 430 Å². The van der Waals surface area contributed by atoms with Gasteiger partial charge in [0.05, 0.1) is 29.9 Å². The lowest BCUT2D eigenvalue weighted by Crippen LogP contribution is -2.63. The molecule has 5 aliphatic heterocycles. The first-order valence-corrected chi connectivity index (χ1v) is 32.4. The Hall–Kier alpha value is -10.1. The van der Waals surface area contributed by atoms with Crippen LogP contribution in [0.2, 0.25) is 0 Å². The minimum Gasteiger partial charge on any atom is -0.462 e. The number of ketones is 1. The minimum absolute atomic E-state index is 0.0160. The number of carbonyl (C=O) groups excluding carboxylic acids is 15. The zero-order valence-corrected chi connectivity index (χ0v) is 58.7. The van der Waals surface area contributed by atoms with Gasteiger partial charge in [0.2, 0.25) is 46.8 Å². The molecule has 10 amide bonds. The van der Waals surface area contributed by atoms with E-state index in [9.17, 15) is 52.7 Å². The number of nitrogens with two attached hydrogens (primary N) is 1. The maximum Gasteiger partial charge on any atom is 0.329 e. The zero-order valence-electron chi connectivity index (χ0n) is 58.7.